The van der Waals surface area contributed by atoms with E-state index in [1.54, 1.807) is 24.1 Å². The van der Waals surface area contributed by atoms with Gasteiger partial charge in [-0.05, 0) is 48.0 Å². The van der Waals surface area contributed by atoms with Crippen LogP contribution in [0.1, 0.15) is 11.1 Å². The Morgan fingerprint density at radius 1 is 0.941 bits per heavy atom. The third kappa shape index (κ3) is 6.43. The summed E-state index contributed by atoms with van der Waals surface area (Å²) in [5.74, 6) is 0.391. The van der Waals surface area contributed by atoms with E-state index in [1.165, 1.54) is 12.1 Å². The minimum atomic E-state index is -0.250. The van der Waals surface area contributed by atoms with Crippen molar-refractivity contribution < 1.29 is 13.9 Å². The number of halogens is 1. The molecule has 1 aliphatic heterocycles. The number of nitrogens with zero attached hydrogens (tertiary/aromatic N) is 3. The fourth-order valence-corrected chi connectivity index (χ4v) is 4.11. The van der Waals surface area contributed by atoms with Gasteiger partial charge in [-0.25, -0.2) is 4.39 Å². The van der Waals surface area contributed by atoms with Crippen LogP contribution in [0, 0.1) is 5.82 Å². The SMILES string of the molecule is CN1CCN(Cc2cc(-c3ccc(F)cc3)ccc2OCC(=O)N(C)Cc2ccccc2)CC1. The zero-order chi connectivity index (χ0) is 23.9. The van der Waals surface area contributed by atoms with Gasteiger partial charge < -0.3 is 14.5 Å². The predicted octanol–water partition coefficient (Wildman–Crippen LogP) is 4.28. The first kappa shape index (κ1) is 23.9. The average Bonchev–Trinajstić information content (AvgIpc) is 2.85. The van der Waals surface area contributed by atoms with Crippen LogP contribution in [0.5, 0.6) is 5.75 Å². The summed E-state index contributed by atoms with van der Waals surface area (Å²) < 4.78 is 19.4. The molecule has 0 aromatic heterocycles. The van der Waals surface area contributed by atoms with Gasteiger partial charge >= 0.3 is 0 Å². The van der Waals surface area contributed by atoms with E-state index in [-0.39, 0.29) is 18.3 Å². The second kappa shape index (κ2) is 11.3. The quantitative estimate of drug-likeness (QED) is 0.502. The largest absolute Gasteiger partial charge is 0.483 e. The summed E-state index contributed by atoms with van der Waals surface area (Å²) in [5.41, 5.74) is 4.07. The summed E-state index contributed by atoms with van der Waals surface area (Å²) in [7, 11) is 3.93. The van der Waals surface area contributed by atoms with Gasteiger partial charge in [-0.1, -0.05) is 48.5 Å². The molecule has 0 aliphatic carbocycles. The summed E-state index contributed by atoms with van der Waals surface area (Å²) in [4.78, 5) is 19.1. The first-order valence-corrected chi connectivity index (χ1v) is 11.7. The van der Waals surface area contributed by atoms with E-state index >= 15 is 0 Å². The number of hydrogen-bond donors (Lipinski definition) is 0. The van der Waals surface area contributed by atoms with Crippen molar-refractivity contribution in [2.45, 2.75) is 13.1 Å². The number of likely N-dealkylation sites (N-methyl/N-ethyl adjacent to an activating group) is 2. The van der Waals surface area contributed by atoms with Crippen molar-refractivity contribution in [2.75, 3.05) is 46.9 Å². The molecule has 0 atom stereocenters. The van der Waals surface area contributed by atoms with Crippen LogP contribution in [0.15, 0.2) is 72.8 Å². The molecule has 3 aromatic carbocycles. The van der Waals surface area contributed by atoms with Crippen molar-refractivity contribution in [1.29, 1.82) is 0 Å². The van der Waals surface area contributed by atoms with Crippen LogP contribution in [0.4, 0.5) is 4.39 Å². The normalized spacial score (nSPS) is 14.7. The molecular formula is C28H32FN3O2. The highest BCUT2D eigenvalue weighted by Gasteiger charge is 2.18. The number of carbonyl (C=O) groups excluding carboxylic acids is 1. The van der Waals surface area contributed by atoms with Crippen LogP contribution in [-0.4, -0.2) is 67.5 Å². The van der Waals surface area contributed by atoms with E-state index in [0.29, 0.717) is 12.3 Å². The zero-order valence-electron chi connectivity index (χ0n) is 19.9. The summed E-state index contributed by atoms with van der Waals surface area (Å²) >= 11 is 0. The first-order chi connectivity index (χ1) is 16.5. The lowest BCUT2D eigenvalue weighted by atomic mass is 10.0. The van der Waals surface area contributed by atoms with Gasteiger partial charge in [-0.3, -0.25) is 9.69 Å². The summed E-state index contributed by atoms with van der Waals surface area (Å²) in [6.45, 7) is 5.28. The van der Waals surface area contributed by atoms with Gasteiger partial charge in [0.05, 0.1) is 0 Å². The molecule has 0 spiro atoms. The lowest BCUT2D eigenvalue weighted by Crippen LogP contribution is -2.43. The van der Waals surface area contributed by atoms with Crippen LogP contribution in [0.3, 0.4) is 0 Å². The molecule has 0 N–H and O–H groups in total. The van der Waals surface area contributed by atoms with E-state index in [4.69, 9.17) is 4.74 Å². The Kier molecular flexibility index (Phi) is 7.93. The topological polar surface area (TPSA) is 36.0 Å². The smallest absolute Gasteiger partial charge is 0.260 e. The number of piperazine rings is 1. The standard InChI is InChI=1S/C28H32FN3O2/c1-30-14-16-32(17-15-30)20-25-18-24(23-8-11-26(29)12-9-23)10-13-27(25)34-21-28(33)31(2)19-22-6-4-3-5-7-22/h3-13,18H,14-17,19-21H2,1-2H3. The van der Waals surface area contributed by atoms with Gasteiger partial charge in [-0.2, -0.15) is 0 Å². The Hall–Kier alpha value is -3.22. The Bertz CT molecular complexity index is 1080. The van der Waals surface area contributed by atoms with Gasteiger partial charge in [0, 0.05) is 51.9 Å². The molecule has 0 bridgehead atoms. The van der Waals surface area contributed by atoms with E-state index in [2.05, 4.69) is 22.9 Å². The molecule has 1 heterocycles. The van der Waals surface area contributed by atoms with Crippen LogP contribution >= 0.6 is 0 Å². The molecule has 1 aliphatic rings. The molecule has 3 aromatic rings. The maximum atomic E-state index is 13.4. The molecule has 0 saturated carbocycles. The number of hydrogen-bond acceptors (Lipinski definition) is 4. The summed E-state index contributed by atoms with van der Waals surface area (Å²) in [6, 6.07) is 22.4. The van der Waals surface area contributed by atoms with Crippen LogP contribution in [-0.2, 0) is 17.9 Å². The molecule has 1 amide bonds. The van der Waals surface area contributed by atoms with Gasteiger partial charge in [0.25, 0.3) is 5.91 Å². The lowest BCUT2D eigenvalue weighted by molar-refractivity contribution is -0.132. The van der Waals surface area contributed by atoms with Crippen molar-refractivity contribution in [3.63, 3.8) is 0 Å². The van der Waals surface area contributed by atoms with E-state index in [1.807, 2.05) is 42.5 Å². The predicted molar refractivity (Wildman–Crippen MR) is 133 cm³/mol. The highest BCUT2D eigenvalue weighted by atomic mass is 19.1. The molecule has 0 unspecified atom stereocenters. The number of amides is 1. The van der Waals surface area contributed by atoms with Crippen LogP contribution in [0.25, 0.3) is 11.1 Å². The van der Waals surface area contributed by atoms with E-state index in [9.17, 15) is 9.18 Å². The Balaban J connectivity index is 1.48. The Labute approximate surface area is 201 Å². The summed E-state index contributed by atoms with van der Waals surface area (Å²) in [5, 5.41) is 0. The van der Waals surface area contributed by atoms with E-state index in [0.717, 1.165) is 55.0 Å². The maximum absolute atomic E-state index is 13.4. The minimum Gasteiger partial charge on any atom is -0.483 e. The lowest BCUT2D eigenvalue weighted by Gasteiger charge is -2.32. The number of benzene rings is 3. The third-order valence-electron chi connectivity index (χ3n) is 6.27. The van der Waals surface area contributed by atoms with E-state index < -0.39 is 0 Å². The highest BCUT2D eigenvalue weighted by Crippen LogP contribution is 2.28. The second-order valence-corrected chi connectivity index (χ2v) is 8.93. The number of rotatable bonds is 8. The first-order valence-electron chi connectivity index (χ1n) is 11.7. The van der Waals surface area contributed by atoms with Crippen molar-refractivity contribution in [3.05, 3.63) is 89.7 Å². The molecule has 0 radical (unpaired) electrons. The second-order valence-electron chi connectivity index (χ2n) is 8.93. The molecule has 5 nitrogen and oxygen atoms in total. The van der Waals surface area contributed by atoms with Gasteiger partial charge in [-0.15, -0.1) is 0 Å². The van der Waals surface area contributed by atoms with Crippen molar-refractivity contribution in [2.24, 2.45) is 0 Å². The minimum absolute atomic E-state index is 0.0189. The molecule has 4 rings (SSSR count). The Morgan fingerprint density at radius 2 is 1.62 bits per heavy atom. The van der Waals surface area contributed by atoms with Crippen molar-refractivity contribution in [1.82, 2.24) is 14.7 Å². The maximum Gasteiger partial charge on any atom is 0.260 e. The van der Waals surface area contributed by atoms with Crippen LogP contribution in [0.2, 0.25) is 0 Å². The zero-order valence-corrected chi connectivity index (χ0v) is 19.9. The van der Waals surface area contributed by atoms with Crippen LogP contribution < -0.4 is 4.74 Å². The molecule has 178 valence electrons. The molecule has 6 heteroatoms. The van der Waals surface area contributed by atoms with Gasteiger partial charge in [0.15, 0.2) is 6.61 Å². The molecular weight excluding hydrogens is 429 g/mol. The molecule has 1 fully saturated rings. The monoisotopic (exact) mass is 461 g/mol. The highest BCUT2D eigenvalue weighted by molar-refractivity contribution is 5.77. The Morgan fingerprint density at radius 3 is 2.32 bits per heavy atom. The summed E-state index contributed by atoms with van der Waals surface area (Å²) in [6.07, 6.45) is 0. The van der Waals surface area contributed by atoms with Gasteiger partial charge in [0.1, 0.15) is 11.6 Å². The number of ether oxygens (including phenoxy) is 1. The fraction of sp³-hybridized carbons (Fsp3) is 0.321. The van der Waals surface area contributed by atoms with Crippen molar-refractivity contribution >= 4 is 5.91 Å². The average molecular weight is 462 g/mol. The molecule has 1 saturated heterocycles. The number of carbonyl (C=O) groups is 1. The third-order valence-corrected chi connectivity index (χ3v) is 6.27. The molecule has 34 heavy (non-hydrogen) atoms. The van der Waals surface area contributed by atoms with Gasteiger partial charge in [0.2, 0.25) is 0 Å². The van der Waals surface area contributed by atoms with Crippen molar-refractivity contribution in [3.8, 4) is 16.9 Å². The fourth-order valence-electron chi connectivity index (χ4n) is 4.11.